The van der Waals surface area contributed by atoms with Crippen LogP contribution in [0.3, 0.4) is 0 Å². The normalized spacial score (nSPS) is 21.8. The van der Waals surface area contributed by atoms with Crippen LogP contribution in [0.2, 0.25) is 5.02 Å². The van der Waals surface area contributed by atoms with Gasteiger partial charge in [-0.1, -0.05) is 31.5 Å². The van der Waals surface area contributed by atoms with Crippen LogP contribution in [0, 0.1) is 5.92 Å². The Kier molecular flexibility index (Phi) is 9.27. The van der Waals surface area contributed by atoms with Gasteiger partial charge in [0, 0.05) is 25.4 Å². The molecule has 2 atom stereocenters. The number of nitrogens with two attached hydrogens (primary N) is 1. The number of nitrogens with zero attached hydrogens (tertiary/aromatic N) is 3. The number of nitrogens with one attached hydrogen (secondary N) is 1. The number of rotatable bonds is 7. The number of amides is 1. The highest BCUT2D eigenvalue weighted by Gasteiger charge is 2.46. The molecule has 0 aromatic carbocycles. The van der Waals surface area contributed by atoms with Gasteiger partial charge >= 0.3 is 6.18 Å². The van der Waals surface area contributed by atoms with Crippen molar-refractivity contribution in [2.45, 2.75) is 58.7 Å². The fourth-order valence-electron chi connectivity index (χ4n) is 3.77. The van der Waals surface area contributed by atoms with Gasteiger partial charge in [-0.3, -0.25) is 4.79 Å². The molecule has 0 saturated carbocycles. The summed E-state index contributed by atoms with van der Waals surface area (Å²) >= 11 is 5.83. The molecular formula is C23H29ClF5N5O. The molecule has 0 spiro atoms. The average Bonchev–Trinajstić information content (AvgIpc) is 2.74. The largest absolute Gasteiger partial charge is 0.417 e. The molecule has 1 aliphatic heterocycles. The third-order valence-corrected chi connectivity index (χ3v) is 6.02. The van der Waals surface area contributed by atoms with E-state index in [4.69, 9.17) is 17.3 Å². The molecule has 194 valence electrons. The summed E-state index contributed by atoms with van der Waals surface area (Å²) in [4.78, 5) is 22.1. The van der Waals surface area contributed by atoms with E-state index in [1.54, 1.807) is 13.8 Å². The first kappa shape index (κ1) is 28.5. The maximum absolute atomic E-state index is 14.4. The molecule has 0 aliphatic carbocycles. The molecule has 1 aromatic rings. The minimum absolute atomic E-state index is 0.0162. The first-order chi connectivity index (χ1) is 16.2. The van der Waals surface area contributed by atoms with Crippen LogP contribution in [-0.2, 0) is 0 Å². The number of nitrogen functional groups attached to an aromatic ring is 1. The molecule has 0 bridgehead atoms. The van der Waals surface area contributed by atoms with E-state index in [0.29, 0.717) is 18.2 Å². The van der Waals surface area contributed by atoms with Crippen molar-refractivity contribution in [1.29, 1.82) is 0 Å². The van der Waals surface area contributed by atoms with E-state index in [0.717, 1.165) is 11.0 Å². The molecule has 2 rings (SSSR count). The van der Waals surface area contributed by atoms with Gasteiger partial charge in [0.15, 0.2) is 5.69 Å². The van der Waals surface area contributed by atoms with E-state index in [9.17, 15) is 26.7 Å². The second kappa shape index (κ2) is 11.4. The molecule has 2 unspecified atom stereocenters. The fraction of sp³-hybridized carbons (Fsp3) is 0.522. The zero-order valence-electron chi connectivity index (χ0n) is 19.9. The lowest BCUT2D eigenvalue weighted by molar-refractivity contribution is -0.0913. The lowest BCUT2D eigenvalue weighted by Crippen LogP contribution is -2.58. The summed E-state index contributed by atoms with van der Waals surface area (Å²) in [6.07, 6.45) is -1.73. The summed E-state index contributed by atoms with van der Waals surface area (Å²) in [5, 5.41) is 3.16. The van der Waals surface area contributed by atoms with Crippen LogP contribution >= 0.6 is 11.6 Å². The van der Waals surface area contributed by atoms with Crippen LogP contribution in [0.25, 0.3) is 0 Å². The Morgan fingerprint density at radius 3 is 2.63 bits per heavy atom. The smallest absolute Gasteiger partial charge is 0.397 e. The lowest BCUT2D eigenvalue weighted by atomic mass is 9.88. The number of piperidine rings is 1. The summed E-state index contributed by atoms with van der Waals surface area (Å²) in [5.74, 6) is -4.38. The second-order valence-corrected chi connectivity index (χ2v) is 8.93. The monoisotopic (exact) mass is 521 g/mol. The molecule has 3 N–H and O–H groups in total. The first-order valence-electron chi connectivity index (χ1n) is 11.0. The molecule has 1 amide bonds. The summed E-state index contributed by atoms with van der Waals surface area (Å²) < 4.78 is 68.1. The maximum atomic E-state index is 14.4. The molecule has 35 heavy (non-hydrogen) atoms. The minimum atomic E-state index is -4.57. The van der Waals surface area contributed by atoms with E-state index in [1.165, 1.54) is 19.2 Å². The molecular weight excluding hydrogens is 493 g/mol. The molecule has 6 nitrogen and oxygen atoms in total. The van der Waals surface area contributed by atoms with E-state index < -0.39 is 48.5 Å². The van der Waals surface area contributed by atoms with Gasteiger partial charge in [-0.15, -0.1) is 0 Å². The highest BCUT2D eigenvalue weighted by atomic mass is 35.5. The quantitative estimate of drug-likeness (QED) is 0.361. The third-order valence-electron chi connectivity index (χ3n) is 5.81. The molecule has 1 fully saturated rings. The summed E-state index contributed by atoms with van der Waals surface area (Å²) in [6.45, 7) is 5.47. The van der Waals surface area contributed by atoms with Crippen molar-refractivity contribution in [3.63, 3.8) is 0 Å². The maximum Gasteiger partial charge on any atom is 0.417 e. The van der Waals surface area contributed by atoms with Gasteiger partial charge in [0.2, 0.25) is 0 Å². The minimum Gasteiger partial charge on any atom is -0.397 e. The number of alkyl halides is 5. The number of allylic oxidation sites excluding steroid dienone is 3. The number of carbonyl (C=O) groups excluding carboxylic acids is 1. The fourth-order valence-corrected chi connectivity index (χ4v) is 3.94. The zero-order chi connectivity index (χ0) is 26.6. The Balaban J connectivity index is 2.34. The lowest BCUT2D eigenvalue weighted by Gasteiger charge is -2.43. The number of aliphatic imine (C=N–C) groups is 1. The van der Waals surface area contributed by atoms with Crippen LogP contribution in [-0.4, -0.2) is 53.2 Å². The Morgan fingerprint density at radius 2 is 2.09 bits per heavy atom. The average molecular weight is 522 g/mol. The second-order valence-electron chi connectivity index (χ2n) is 8.49. The van der Waals surface area contributed by atoms with Gasteiger partial charge in [0.1, 0.15) is 5.82 Å². The Morgan fingerprint density at radius 1 is 1.43 bits per heavy atom. The van der Waals surface area contributed by atoms with E-state index in [2.05, 4.69) is 15.3 Å². The number of hydrogen-bond acceptors (Lipinski definition) is 5. The number of likely N-dealkylation sites (tertiary alicyclic amines) is 1. The number of aromatic nitrogens is 1. The molecule has 1 aromatic heterocycles. The van der Waals surface area contributed by atoms with Crippen LogP contribution < -0.4 is 11.1 Å². The molecule has 12 heteroatoms. The molecule has 1 aliphatic rings. The van der Waals surface area contributed by atoms with Gasteiger partial charge in [0.05, 0.1) is 28.9 Å². The van der Waals surface area contributed by atoms with Gasteiger partial charge in [-0.2, -0.15) is 13.2 Å². The first-order valence-corrected chi connectivity index (χ1v) is 11.4. The number of carbonyl (C=O) groups is 1. The Labute approximate surface area is 206 Å². The highest BCUT2D eigenvalue weighted by molar-refractivity contribution is 6.30. The van der Waals surface area contributed by atoms with E-state index in [-0.39, 0.29) is 28.8 Å². The van der Waals surface area contributed by atoms with Crippen molar-refractivity contribution in [2.75, 3.05) is 18.8 Å². The van der Waals surface area contributed by atoms with Gasteiger partial charge < -0.3 is 16.0 Å². The van der Waals surface area contributed by atoms with Crippen LogP contribution in [0.15, 0.2) is 40.3 Å². The zero-order valence-corrected chi connectivity index (χ0v) is 20.6. The topological polar surface area (TPSA) is 83.6 Å². The van der Waals surface area contributed by atoms with Gasteiger partial charge in [-0.05, 0) is 37.8 Å². The van der Waals surface area contributed by atoms with Gasteiger partial charge in [0.25, 0.3) is 11.8 Å². The number of halogens is 6. The molecule has 1 saturated heterocycles. The predicted octanol–water partition coefficient (Wildman–Crippen LogP) is 5.61. The van der Waals surface area contributed by atoms with Crippen molar-refractivity contribution in [3.05, 3.63) is 46.0 Å². The molecule has 0 radical (unpaired) electrons. The summed E-state index contributed by atoms with van der Waals surface area (Å²) in [5.41, 5.74) is 5.34. The van der Waals surface area contributed by atoms with Crippen LogP contribution in [0.4, 0.5) is 27.6 Å². The Hall–Kier alpha value is -2.69. The summed E-state index contributed by atoms with van der Waals surface area (Å²) in [6, 6.07) is 0.581. The predicted molar refractivity (Wildman–Crippen MR) is 127 cm³/mol. The van der Waals surface area contributed by atoms with Crippen LogP contribution in [0.5, 0.6) is 0 Å². The van der Waals surface area contributed by atoms with Crippen molar-refractivity contribution >= 4 is 29.4 Å². The number of pyridine rings is 1. The van der Waals surface area contributed by atoms with Gasteiger partial charge in [-0.25, -0.2) is 18.8 Å². The van der Waals surface area contributed by atoms with Crippen molar-refractivity contribution in [1.82, 2.24) is 15.2 Å². The number of anilines is 1. The van der Waals surface area contributed by atoms with Crippen molar-refractivity contribution in [2.24, 2.45) is 10.9 Å². The van der Waals surface area contributed by atoms with Crippen molar-refractivity contribution in [3.8, 4) is 0 Å². The molecule has 2 heterocycles. The highest BCUT2D eigenvalue weighted by Crippen LogP contribution is 2.35. The summed E-state index contributed by atoms with van der Waals surface area (Å²) in [7, 11) is 0. The Bertz CT molecular complexity index is 1020. The number of hydrogen-bond donors (Lipinski definition) is 2. The van der Waals surface area contributed by atoms with E-state index >= 15 is 0 Å². The van der Waals surface area contributed by atoms with E-state index in [1.807, 2.05) is 6.92 Å². The standard InChI is InChI=1S/C23H29ClF5N5O/c1-5-13(3)20(32-9-15(6-2)23(27,28)29)33-11-18-14(4)8-22(25,26)12-34(18)21(35)19-17(30)7-16(24)10-31-19/h6-7,9-10,14,18,33H,5,8,11-12,30H2,1-4H3/b15-6+,20-13+,32-9-. The SMILES string of the molecule is C\C=C(/C=N\C(NCC1C(C)CC(F)(F)CN1C(=O)c1ncc(Cl)cc1N)=C(\C)CC)C(F)(F)F. The van der Waals surface area contributed by atoms with Crippen molar-refractivity contribution < 1.29 is 26.7 Å². The van der Waals surface area contributed by atoms with Crippen LogP contribution in [0.1, 0.15) is 51.0 Å². The third kappa shape index (κ3) is 7.39.